The van der Waals surface area contributed by atoms with E-state index in [2.05, 4.69) is 34.4 Å². The summed E-state index contributed by atoms with van der Waals surface area (Å²) >= 11 is 1.04. The molecule has 8 atom stereocenters. The largest absolute Gasteiger partial charge is 0.481 e. The van der Waals surface area contributed by atoms with Crippen molar-refractivity contribution in [2.45, 2.75) is 70.7 Å². The highest BCUT2D eigenvalue weighted by Gasteiger charge is 2.50. The number of hydrogen-bond acceptors (Lipinski definition) is 19. The van der Waals surface area contributed by atoms with Crippen LogP contribution in [-0.4, -0.2) is 134 Å². The summed E-state index contributed by atoms with van der Waals surface area (Å²) in [4.78, 5) is 87.4. The Kier molecular flexibility index (Phi) is 17.5. The standard InChI is InChI=1S/C27H46N7O18P3S/c1-15(5-8-35)10-18(37)56-9-7-29-17(36)4-6-30-25(40)22(39)27(2,3)12-49-55(46,47)52-54(44,45)48-11-16-21(51-53(41,42)43)20(38)26(50-16)34-14-33-19-23(28)31-13-32-24(19)34/h13-16,20-22,26,35,38-39H,4-12H2,1-3H3,(H,29,36)(H,30,40)(H,44,45)(H,46,47)(H2,28,31,32)(H2,41,42,43)/t15?,16-,20-,21-,22+,26-/m1/s1. The number of phosphoric ester groups is 3. The number of rotatable bonds is 23. The number of anilines is 1. The summed E-state index contributed by atoms with van der Waals surface area (Å²) < 4.78 is 62.0. The Morgan fingerprint density at radius 1 is 1.07 bits per heavy atom. The van der Waals surface area contributed by atoms with Crippen LogP contribution in [0.3, 0.4) is 0 Å². The molecule has 0 aliphatic carbocycles. The molecule has 0 radical (unpaired) electrons. The van der Waals surface area contributed by atoms with Crippen LogP contribution in [0.2, 0.25) is 0 Å². The predicted molar refractivity (Wildman–Crippen MR) is 193 cm³/mol. The average molecular weight is 882 g/mol. The minimum Gasteiger partial charge on any atom is -0.396 e. The normalized spacial score (nSPS) is 22.2. The molecule has 1 aliphatic rings. The van der Waals surface area contributed by atoms with Crippen molar-refractivity contribution in [2.75, 3.05) is 44.4 Å². The van der Waals surface area contributed by atoms with Gasteiger partial charge in [0.15, 0.2) is 22.8 Å². The number of thioether (sulfide) groups is 1. The van der Waals surface area contributed by atoms with Crippen molar-refractivity contribution in [1.29, 1.82) is 0 Å². The first-order valence-corrected chi connectivity index (χ1v) is 22.1. The van der Waals surface area contributed by atoms with E-state index >= 15 is 0 Å². The molecule has 3 unspecified atom stereocenters. The highest BCUT2D eigenvalue weighted by molar-refractivity contribution is 8.13. The quantitative estimate of drug-likeness (QED) is 0.0476. The maximum Gasteiger partial charge on any atom is 0.481 e. The molecule has 318 valence electrons. The van der Waals surface area contributed by atoms with E-state index in [0.717, 1.165) is 29.0 Å². The molecular formula is C27H46N7O18P3S. The topological polar surface area (TPSA) is 384 Å². The molecule has 25 nitrogen and oxygen atoms in total. The third kappa shape index (κ3) is 14.7. The summed E-state index contributed by atoms with van der Waals surface area (Å²) in [5.74, 6) is -1.13. The second-order valence-electron chi connectivity index (χ2n) is 13.1. The van der Waals surface area contributed by atoms with Crippen molar-refractivity contribution in [3.8, 4) is 0 Å². The summed E-state index contributed by atoms with van der Waals surface area (Å²) in [5, 5.41) is 35.2. The van der Waals surface area contributed by atoms with E-state index in [9.17, 15) is 57.9 Å². The molecule has 56 heavy (non-hydrogen) atoms. The molecule has 2 amide bonds. The van der Waals surface area contributed by atoms with Gasteiger partial charge < -0.3 is 56.0 Å². The molecule has 2 aromatic rings. The number of nitrogens with zero attached hydrogens (tertiary/aromatic N) is 4. The summed E-state index contributed by atoms with van der Waals surface area (Å²) in [6.45, 7) is 2.26. The number of aliphatic hydroxyl groups excluding tert-OH is 3. The first-order valence-electron chi connectivity index (χ1n) is 16.6. The van der Waals surface area contributed by atoms with Crippen LogP contribution in [-0.2, 0) is 50.7 Å². The van der Waals surface area contributed by atoms with Crippen molar-refractivity contribution in [3.05, 3.63) is 12.7 Å². The van der Waals surface area contributed by atoms with Gasteiger partial charge in [-0.3, -0.25) is 32.5 Å². The number of nitrogen functional groups attached to an aromatic ring is 1. The highest BCUT2D eigenvalue weighted by Crippen LogP contribution is 2.61. The van der Waals surface area contributed by atoms with Crippen molar-refractivity contribution >= 4 is 69.1 Å². The van der Waals surface area contributed by atoms with E-state index < -0.39 is 84.6 Å². The van der Waals surface area contributed by atoms with E-state index in [1.54, 1.807) is 0 Å². The number of ether oxygens (including phenoxy) is 1. The van der Waals surface area contributed by atoms with Gasteiger partial charge in [-0.25, -0.2) is 28.6 Å². The summed E-state index contributed by atoms with van der Waals surface area (Å²) in [7, 11) is -16.4. The number of nitrogens with two attached hydrogens (primary N) is 1. The fraction of sp³-hybridized carbons (Fsp3) is 0.704. The van der Waals surface area contributed by atoms with E-state index in [0.29, 0.717) is 18.6 Å². The monoisotopic (exact) mass is 881 g/mol. The van der Waals surface area contributed by atoms with Crippen LogP contribution in [0, 0.1) is 11.3 Å². The maximum atomic E-state index is 12.7. The van der Waals surface area contributed by atoms with Gasteiger partial charge in [-0.1, -0.05) is 32.5 Å². The number of hydrogen-bond donors (Lipinski definition) is 10. The Labute approximate surface area is 323 Å². The number of amides is 2. The molecule has 0 aromatic carbocycles. The zero-order valence-electron chi connectivity index (χ0n) is 30.2. The summed E-state index contributed by atoms with van der Waals surface area (Å²) in [6, 6.07) is 0. The van der Waals surface area contributed by atoms with Crippen LogP contribution in [0.25, 0.3) is 11.2 Å². The fourth-order valence-electron chi connectivity index (χ4n) is 4.96. The van der Waals surface area contributed by atoms with Gasteiger partial charge in [0, 0.05) is 43.7 Å². The minimum absolute atomic E-state index is 0.0129. The van der Waals surface area contributed by atoms with Crippen LogP contribution in [0.1, 0.15) is 46.3 Å². The summed E-state index contributed by atoms with van der Waals surface area (Å²) in [6.07, 6.45) is -6.16. The molecule has 11 N–H and O–H groups in total. The number of imidazole rings is 1. The van der Waals surface area contributed by atoms with Gasteiger partial charge in [0.25, 0.3) is 0 Å². The van der Waals surface area contributed by atoms with E-state index in [4.69, 9.17) is 24.6 Å². The number of nitrogens with one attached hydrogen (secondary N) is 2. The lowest BCUT2D eigenvalue weighted by molar-refractivity contribution is -0.137. The summed E-state index contributed by atoms with van der Waals surface area (Å²) in [5.41, 5.74) is 4.24. The molecule has 0 saturated carbocycles. The molecule has 1 fully saturated rings. The van der Waals surface area contributed by atoms with Gasteiger partial charge in [0.1, 0.15) is 36.3 Å². The predicted octanol–water partition coefficient (Wildman–Crippen LogP) is -0.927. The van der Waals surface area contributed by atoms with Gasteiger partial charge in [0.2, 0.25) is 11.8 Å². The molecule has 29 heteroatoms. The lowest BCUT2D eigenvalue weighted by atomic mass is 9.87. The molecular weight excluding hydrogens is 835 g/mol. The fourth-order valence-corrected chi connectivity index (χ4v) is 8.62. The van der Waals surface area contributed by atoms with Crippen LogP contribution in [0.5, 0.6) is 0 Å². The van der Waals surface area contributed by atoms with Crippen LogP contribution >= 0.6 is 35.2 Å². The first-order chi connectivity index (χ1) is 25.9. The van der Waals surface area contributed by atoms with Crippen LogP contribution in [0.4, 0.5) is 5.82 Å². The first kappa shape index (κ1) is 47.9. The molecule has 3 rings (SSSR count). The van der Waals surface area contributed by atoms with Gasteiger partial charge >= 0.3 is 23.5 Å². The minimum atomic E-state index is -5.57. The Balaban J connectivity index is 1.48. The van der Waals surface area contributed by atoms with Gasteiger partial charge in [-0.2, -0.15) is 4.31 Å². The van der Waals surface area contributed by atoms with E-state index in [1.165, 1.54) is 13.8 Å². The van der Waals surface area contributed by atoms with Crippen molar-refractivity contribution in [1.82, 2.24) is 30.2 Å². The average Bonchev–Trinajstić information content (AvgIpc) is 3.64. The highest BCUT2D eigenvalue weighted by atomic mass is 32.2. The number of carbonyl (C=O) groups is 3. The van der Waals surface area contributed by atoms with Crippen molar-refractivity contribution in [2.24, 2.45) is 11.3 Å². The number of phosphoric acid groups is 3. The number of aliphatic hydroxyl groups is 3. The van der Waals surface area contributed by atoms with E-state index in [1.807, 2.05) is 6.92 Å². The Hall–Kier alpha value is -2.48. The third-order valence-electron chi connectivity index (χ3n) is 7.90. The van der Waals surface area contributed by atoms with Gasteiger partial charge in [0.05, 0.1) is 19.5 Å². The van der Waals surface area contributed by atoms with Gasteiger partial charge in [-0.15, -0.1) is 0 Å². The van der Waals surface area contributed by atoms with Crippen LogP contribution in [0.15, 0.2) is 12.7 Å². The maximum absolute atomic E-state index is 12.7. The number of carbonyl (C=O) groups excluding carboxylic acids is 3. The van der Waals surface area contributed by atoms with Crippen LogP contribution < -0.4 is 16.4 Å². The van der Waals surface area contributed by atoms with Crippen molar-refractivity contribution < 1.29 is 85.6 Å². The second-order valence-corrected chi connectivity index (χ2v) is 18.5. The molecule has 0 bridgehead atoms. The number of aromatic nitrogens is 4. The zero-order valence-corrected chi connectivity index (χ0v) is 33.7. The third-order valence-corrected chi connectivity index (χ3v) is 11.9. The second kappa shape index (κ2) is 20.5. The zero-order chi connectivity index (χ0) is 42.1. The lowest BCUT2D eigenvalue weighted by Crippen LogP contribution is -2.46. The van der Waals surface area contributed by atoms with E-state index in [-0.39, 0.29) is 54.1 Å². The SMILES string of the molecule is CC(CCO)CC(=O)SCCNC(=O)CCNC(=O)[C@H](O)C(C)(C)COP(=O)(O)OP(=O)(O)OC[C@H]1O[C@@H](n2cnc3c(N)ncnc32)[C@H](O)[C@@H]1OP(=O)(O)O. The number of fused-ring (bicyclic) bond motifs is 1. The molecule has 1 saturated heterocycles. The Bertz CT molecular complexity index is 1820. The molecule has 2 aromatic heterocycles. The Morgan fingerprint density at radius 3 is 2.41 bits per heavy atom. The van der Waals surface area contributed by atoms with Crippen molar-refractivity contribution in [3.63, 3.8) is 0 Å². The van der Waals surface area contributed by atoms with Gasteiger partial charge in [-0.05, 0) is 12.3 Å². The molecule has 0 spiro atoms. The molecule has 3 heterocycles. The Morgan fingerprint density at radius 2 is 1.75 bits per heavy atom. The molecule has 1 aliphatic heterocycles. The lowest BCUT2D eigenvalue weighted by Gasteiger charge is -2.30. The smallest absolute Gasteiger partial charge is 0.396 e.